The zero-order valence-corrected chi connectivity index (χ0v) is 14.9. The molecular weight excluding hydrogens is 330 g/mol. The van der Waals surface area contributed by atoms with Gasteiger partial charge in [-0.25, -0.2) is 0 Å². The summed E-state index contributed by atoms with van der Waals surface area (Å²) in [5.74, 6) is 1.33. The summed E-state index contributed by atoms with van der Waals surface area (Å²) in [6, 6.07) is 6.10. The molecule has 1 amide bonds. The maximum Gasteiger partial charge on any atom is 0.273 e. The standard InChI is InChI=1S/C19H25N5O2/c25-19(17-13-24(23-22-17)12-15-3-1-7-20-10-15)21-11-14-5-6-18-16(9-14)4-2-8-26-18/h5-6,9,13,15,20H,1-4,7-8,10-12H2,(H,21,25)/t15-/m1/s1. The van der Waals surface area contributed by atoms with Crippen molar-refractivity contribution in [1.82, 2.24) is 25.6 Å². The number of carbonyl (C=O) groups excluding carboxylic acids is 1. The van der Waals surface area contributed by atoms with Crippen LogP contribution in [0.2, 0.25) is 0 Å². The van der Waals surface area contributed by atoms with Crippen molar-refractivity contribution in [2.24, 2.45) is 5.92 Å². The van der Waals surface area contributed by atoms with Gasteiger partial charge in [0.05, 0.1) is 12.8 Å². The molecule has 26 heavy (non-hydrogen) atoms. The van der Waals surface area contributed by atoms with Gasteiger partial charge < -0.3 is 15.4 Å². The largest absolute Gasteiger partial charge is 0.493 e. The molecule has 2 aliphatic heterocycles. The number of hydrogen-bond acceptors (Lipinski definition) is 5. The first kappa shape index (κ1) is 17.0. The van der Waals surface area contributed by atoms with Crippen LogP contribution >= 0.6 is 0 Å². The summed E-state index contributed by atoms with van der Waals surface area (Å²) in [5.41, 5.74) is 2.66. The monoisotopic (exact) mass is 355 g/mol. The fourth-order valence-electron chi connectivity index (χ4n) is 3.63. The molecule has 0 radical (unpaired) electrons. The first-order valence-corrected chi connectivity index (χ1v) is 9.41. The van der Waals surface area contributed by atoms with Crippen molar-refractivity contribution < 1.29 is 9.53 Å². The van der Waals surface area contributed by atoms with Crippen molar-refractivity contribution in [1.29, 1.82) is 0 Å². The second kappa shape index (κ2) is 7.86. The Bertz CT molecular complexity index is 767. The highest BCUT2D eigenvalue weighted by Crippen LogP contribution is 2.25. The normalized spacial score (nSPS) is 19.5. The van der Waals surface area contributed by atoms with E-state index in [1.54, 1.807) is 10.9 Å². The highest BCUT2D eigenvalue weighted by atomic mass is 16.5. The predicted octanol–water partition coefficient (Wildman–Crippen LogP) is 1.53. The van der Waals surface area contributed by atoms with Crippen LogP contribution in [0.4, 0.5) is 0 Å². The second-order valence-electron chi connectivity index (χ2n) is 7.11. The first-order chi connectivity index (χ1) is 12.8. The SMILES string of the molecule is O=C(NCc1ccc2c(c1)CCCO2)c1cn(C[C@@H]2CCCNC2)nn1. The van der Waals surface area contributed by atoms with E-state index in [-0.39, 0.29) is 5.91 Å². The average molecular weight is 355 g/mol. The molecule has 1 saturated heterocycles. The molecule has 0 spiro atoms. The van der Waals surface area contributed by atoms with Gasteiger partial charge in [-0.05, 0) is 61.9 Å². The number of aromatic nitrogens is 3. The van der Waals surface area contributed by atoms with Crippen molar-refractivity contribution in [3.63, 3.8) is 0 Å². The van der Waals surface area contributed by atoms with Crippen molar-refractivity contribution in [3.05, 3.63) is 41.2 Å². The number of rotatable bonds is 5. The molecule has 138 valence electrons. The number of nitrogens with one attached hydrogen (secondary N) is 2. The Balaban J connectivity index is 1.32. The lowest BCUT2D eigenvalue weighted by molar-refractivity contribution is 0.0946. The third kappa shape index (κ3) is 4.04. The van der Waals surface area contributed by atoms with Crippen LogP contribution in [0.1, 0.15) is 40.9 Å². The van der Waals surface area contributed by atoms with E-state index in [0.717, 1.165) is 50.4 Å². The molecule has 0 unspecified atom stereocenters. The molecular formula is C19H25N5O2. The molecule has 1 atom stereocenters. The lowest BCUT2D eigenvalue weighted by Crippen LogP contribution is -2.32. The number of ether oxygens (including phenoxy) is 1. The first-order valence-electron chi connectivity index (χ1n) is 9.41. The van der Waals surface area contributed by atoms with Crippen LogP contribution in [0.5, 0.6) is 5.75 Å². The van der Waals surface area contributed by atoms with Gasteiger partial charge in [-0.15, -0.1) is 5.10 Å². The summed E-state index contributed by atoms with van der Waals surface area (Å²) in [6.45, 7) is 4.17. The van der Waals surface area contributed by atoms with Crippen LogP contribution in [0.25, 0.3) is 0 Å². The average Bonchev–Trinajstić information content (AvgIpc) is 3.15. The van der Waals surface area contributed by atoms with Crippen LogP contribution in [-0.4, -0.2) is 40.6 Å². The van der Waals surface area contributed by atoms with Gasteiger partial charge in [0.2, 0.25) is 0 Å². The van der Waals surface area contributed by atoms with E-state index in [2.05, 4.69) is 27.0 Å². The van der Waals surface area contributed by atoms with Crippen molar-refractivity contribution in [3.8, 4) is 5.75 Å². The molecule has 2 aliphatic rings. The van der Waals surface area contributed by atoms with Gasteiger partial charge in [0.1, 0.15) is 5.75 Å². The van der Waals surface area contributed by atoms with Gasteiger partial charge in [-0.3, -0.25) is 9.48 Å². The summed E-state index contributed by atoms with van der Waals surface area (Å²) < 4.78 is 7.41. The maximum absolute atomic E-state index is 12.3. The minimum absolute atomic E-state index is 0.188. The highest BCUT2D eigenvalue weighted by molar-refractivity contribution is 5.91. The molecule has 1 fully saturated rings. The fourth-order valence-corrected chi connectivity index (χ4v) is 3.63. The minimum Gasteiger partial charge on any atom is -0.493 e. The summed E-state index contributed by atoms with van der Waals surface area (Å²) >= 11 is 0. The van der Waals surface area contributed by atoms with E-state index in [1.165, 1.54) is 18.4 Å². The molecule has 1 aromatic carbocycles. The van der Waals surface area contributed by atoms with Crippen molar-refractivity contribution in [2.75, 3.05) is 19.7 Å². The van der Waals surface area contributed by atoms with Crippen LogP contribution < -0.4 is 15.4 Å². The maximum atomic E-state index is 12.3. The summed E-state index contributed by atoms with van der Waals surface area (Å²) in [4.78, 5) is 12.3. The lowest BCUT2D eigenvalue weighted by atomic mass is 10.00. The minimum atomic E-state index is -0.188. The third-order valence-electron chi connectivity index (χ3n) is 5.04. The number of benzene rings is 1. The number of nitrogens with zero attached hydrogens (tertiary/aromatic N) is 3. The van der Waals surface area contributed by atoms with Gasteiger partial charge in [-0.2, -0.15) is 0 Å². The molecule has 0 saturated carbocycles. The Morgan fingerprint density at radius 1 is 1.38 bits per heavy atom. The smallest absolute Gasteiger partial charge is 0.273 e. The summed E-state index contributed by atoms with van der Waals surface area (Å²) in [7, 11) is 0. The quantitative estimate of drug-likeness (QED) is 0.850. The number of hydrogen-bond donors (Lipinski definition) is 2. The number of aryl methyl sites for hydroxylation is 1. The Morgan fingerprint density at radius 3 is 3.23 bits per heavy atom. The topological polar surface area (TPSA) is 81.1 Å². The molecule has 2 aromatic rings. The Labute approximate surface area is 153 Å². The Kier molecular flexibility index (Phi) is 5.15. The van der Waals surface area contributed by atoms with E-state index in [9.17, 15) is 4.79 Å². The van der Waals surface area contributed by atoms with E-state index in [0.29, 0.717) is 18.2 Å². The van der Waals surface area contributed by atoms with Gasteiger partial charge in [-0.1, -0.05) is 17.3 Å². The molecule has 3 heterocycles. The number of piperidine rings is 1. The molecule has 0 bridgehead atoms. The molecule has 7 nitrogen and oxygen atoms in total. The van der Waals surface area contributed by atoms with Gasteiger partial charge >= 0.3 is 0 Å². The Morgan fingerprint density at radius 2 is 2.35 bits per heavy atom. The number of amides is 1. The third-order valence-corrected chi connectivity index (χ3v) is 5.04. The van der Waals surface area contributed by atoms with E-state index in [1.807, 2.05) is 12.1 Å². The molecule has 7 heteroatoms. The van der Waals surface area contributed by atoms with Crippen LogP contribution in [0.3, 0.4) is 0 Å². The van der Waals surface area contributed by atoms with Gasteiger partial charge in [0, 0.05) is 13.1 Å². The summed E-state index contributed by atoms with van der Waals surface area (Å²) in [6.07, 6.45) is 6.20. The van der Waals surface area contributed by atoms with Gasteiger partial charge in [0.25, 0.3) is 5.91 Å². The summed E-state index contributed by atoms with van der Waals surface area (Å²) in [5, 5.41) is 14.5. The molecule has 2 N–H and O–H groups in total. The Hall–Kier alpha value is -2.41. The van der Waals surface area contributed by atoms with Crippen molar-refractivity contribution in [2.45, 2.75) is 38.8 Å². The zero-order chi connectivity index (χ0) is 17.8. The zero-order valence-electron chi connectivity index (χ0n) is 14.9. The van der Waals surface area contributed by atoms with Crippen LogP contribution in [0.15, 0.2) is 24.4 Å². The van der Waals surface area contributed by atoms with Gasteiger partial charge in [0.15, 0.2) is 5.69 Å². The van der Waals surface area contributed by atoms with Crippen LogP contribution in [0, 0.1) is 5.92 Å². The molecule has 4 rings (SSSR count). The fraction of sp³-hybridized carbons (Fsp3) is 0.526. The van der Waals surface area contributed by atoms with Crippen molar-refractivity contribution >= 4 is 5.91 Å². The number of carbonyl (C=O) groups is 1. The van der Waals surface area contributed by atoms with Crippen LogP contribution in [-0.2, 0) is 19.5 Å². The lowest BCUT2D eigenvalue weighted by Gasteiger charge is -2.22. The highest BCUT2D eigenvalue weighted by Gasteiger charge is 2.16. The van der Waals surface area contributed by atoms with E-state index in [4.69, 9.17) is 4.74 Å². The second-order valence-corrected chi connectivity index (χ2v) is 7.11. The molecule has 0 aliphatic carbocycles. The predicted molar refractivity (Wildman–Crippen MR) is 97.0 cm³/mol. The molecule has 1 aromatic heterocycles. The van der Waals surface area contributed by atoms with E-state index < -0.39 is 0 Å². The number of fused-ring (bicyclic) bond motifs is 1. The van der Waals surface area contributed by atoms with E-state index >= 15 is 0 Å².